The maximum atomic E-state index is 11.8. The lowest BCUT2D eigenvalue weighted by molar-refractivity contribution is -0.465. The number of nitrogens with zero attached hydrogens (tertiary/aromatic N) is 4. The minimum atomic E-state index is -0.495. The molecule has 0 radical (unpaired) electrons. The van der Waals surface area contributed by atoms with E-state index >= 15 is 0 Å². The molecule has 3 aromatic rings. The van der Waals surface area contributed by atoms with Crippen molar-refractivity contribution in [2.75, 3.05) is 0 Å². The van der Waals surface area contributed by atoms with Gasteiger partial charge in [-0.25, -0.2) is 0 Å². The van der Waals surface area contributed by atoms with Gasteiger partial charge in [0.05, 0.1) is 9.35 Å². The lowest BCUT2D eigenvalue weighted by Crippen LogP contribution is -2.19. The number of benzene rings is 2. The van der Waals surface area contributed by atoms with Gasteiger partial charge in [0.2, 0.25) is 5.69 Å². The van der Waals surface area contributed by atoms with Crippen molar-refractivity contribution >= 4 is 16.7 Å². The second kappa shape index (κ2) is 5.23. The first-order valence-corrected chi connectivity index (χ1v) is 6.47. The van der Waals surface area contributed by atoms with Crippen LogP contribution in [0.25, 0.3) is 22.2 Å². The Morgan fingerprint density at radius 1 is 1.17 bits per heavy atom. The van der Waals surface area contributed by atoms with E-state index in [9.17, 15) is 20.2 Å². The Morgan fingerprint density at radius 3 is 2.43 bits per heavy atom. The van der Waals surface area contributed by atoms with Crippen molar-refractivity contribution in [2.24, 2.45) is 0 Å². The maximum absolute atomic E-state index is 11.8. The fourth-order valence-electron chi connectivity index (χ4n) is 2.28. The molecule has 112 valence electrons. The minimum Gasteiger partial charge on any atom is -0.427 e. The fraction of sp³-hybridized carbons (Fsp3) is 0. The average molecular weight is 309 g/mol. The lowest BCUT2D eigenvalue weighted by Gasteiger charge is -2.04. The van der Waals surface area contributed by atoms with Crippen LogP contribution in [0.3, 0.4) is 0 Å². The van der Waals surface area contributed by atoms with Gasteiger partial charge in [0, 0.05) is 23.1 Å². The van der Waals surface area contributed by atoms with E-state index < -0.39 is 4.92 Å². The standard InChI is InChI=1S/C15H9N4O4/c16-8-13-9-17(20)14-6-3-11(7-15(14)18(13)21)10-1-4-12(5-2-10)19(22)23/h1-7,9,21H/q+1. The van der Waals surface area contributed by atoms with Gasteiger partial charge in [-0.3, -0.25) is 10.1 Å². The zero-order valence-corrected chi connectivity index (χ0v) is 11.6. The van der Waals surface area contributed by atoms with E-state index in [1.165, 1.54) is 24.3 Å². The van der Waals surface area contributed by atoms with Gasteiger partial charge in [0.1, 0.15) is 6.07 Å². The van der Waals surface area contributed by atoms with Crippen LogP contribution in [0.4, 0.5) is 5.69 Å². The fourth-order valence-corrected chi connectivity index (χ4v) is 2.28. The van der Waals surface area contributed by atoms with Gasteiger partial charge in [-0.1, -0.05) is 0 Å². The predicted octanol–water partition coefficient (Wildman–Crippen LogP) is 2.24. The van der Waals surface area contributed by atoms with E-state index in [0.717, 1.165) is 6.20 Å². The Bertz CT molecular complexity index is 1030. The number of rotatable bonds is 2. The lowest BCUT2D eigenvalue weighted by atomic mass is 10.0. The first kappa shape index (κ1) is 14.2. The van der Waals surface area contributed by atoms with Crippen LogP contribution in [0.2, 0.25) is 0 Å². The molecule has 8 nitrogen and oxygen atoms in total. The van der Waals surface area contributed by atoms with E-state index in [-0.39, 0.29) is 22.4 Å². The summed E-state index contributed by atoms with van der Waals surface area (Å²) in [6.45, 7) is 0. The largest absolute Gasteiger partial charge is 0.427 e. The molecule has 0 aliphatic heterocycles. The molecule has 0 bridgehead atoms. The molecule has 8 heteroatoms. The highest BCUT2D eigenvalue weighted by Crippen LogP contribution is 2.25. The van der Waals surface area contributed by atoms with Crippen molar-refractivity contribution in [3.05, 3.63) is 69.4 Å². The van der Waals surface area contributed by atoms with Gasteiger partial charge in [-0.05, 0) is 35.4 Å². The Hall–Kier alpha value is -3.73. The summed E-state index contributed by atoms with van der Waals surface area (Å²) in [4.78, 5) is 22.0. The van der Waals surface area contributed by atoms with Crippen LogP contribution in [0.15, 0.2) is 48.7 Å². The molecule has 23 heavy (non-hydrogen) atoms. The van der Waals surface area contributed by atoms with Crippen LogP contribution in [0.5, 0.6) is 0 Å². The molecule has 1 aromatic heterocycles. The topological polar surface area (TPSA) is 115 Å². The molecule has 0 spiro atoms. The third kappa shape index (κ3) is 2.36. The van der Waals surface area contributed by atoms with E-state index in [1.807, 2.05) is 0 Å². The van der Waals surface area contributed by atoms with Gasteiger partial charge in [-0.15, -0.1) is 0 Å². The van der Waals surface area contributed by atoms with E-state index in [4.69, 9.17) is 5.26 Å². The summed E-state index contributed by atoms with van der Waals surface area (Å²) < 4.78 is 1.14. The third-order valence-corrected chi connectivity index (χ3v) is 3.43. The van der Waals surface area contributed by atoms with Crippen LogP contribution >= 0.6 is 0 Å². The number of hydrogen-bond acceptors (Lipinski definition) is 5. The first-order valence-electron chi connectivity index (χ1n) is 6.47. The molecule has 1 heterocycles. The van der Waals surface area contributed by atoms with Crippen LogP contribution in [0, 0.1) is 26.4 Å². The highest BCUT2D eigenvalue weighted by molar-refractivity contribution is 5.80. The highest BCUT2D eigenvalue weighted by atomic mass is 16.6. The molecular weight excluding hydrogens is 300 g/mol. The Morgan fingerprint density at radius 2 is 1.83 bits per heavy atom. The zero-order valence-electron chi connectivity index (χ0n) is 11.6. The van der Waals surface area contributed by atoms with Gasteiger partial charge in [0.15, 0.2) is 5.52 Å². The molecule has 0 saturated heterocycles. The van der Waals surface area contributed by atoms with Crippen LogP contribution in [0.1, 0.15) is 5.69 Å². The second-order valence-corrected chi connectivity index (χ2v) is 4.77. The number of hydrogen-bond donors (Lipinski definition) is 1. The van der Waals surface area contributed by atoms with Crippen molar-refractivity contribution in [2.45, 2.75) is 0 Å². The van der Waals surface area contributed by atoms with E-state index in [0.29, 0.717) is 20.3 Å². The van der Waals surface area contributed by atoms with Gasteiger partial charge in [-0.2, -0.15) is 9.99 Å². The molecular formula is C15H9N4O4+. The minimum absolute atomic E-state index is 0.0315. The molecule has 1 N–H and O–H groups in total. The van der Waals surface area contributed by atoms with Crippen molar-refractivity contribution in [1.82, 2.24) is 4.73 Å². The van der Waals surface area contributed by atoms with Crippen molar-refractivity contribution in [3.8, 4) is 17.2 Å². The van der Waals surface area contributed by atoms with Crippen LogP contribution in [-0.4, -0.2) is 14.9 Å². The van der Waals surface area contributed by atoms with Gasteiger partial charge < -0.3 is 5.21 Å². The summed E-state index contributed by atoms with van der Waals surface area (Å²) in [7, 11) is 0. The predicted molar refractivity (Wildman–Crippen MR) is 79.3 cm³/mol. The summed E-state index contributed by atoms with van der Waals surface area (Å²) in [5.74, 6) is 0. The summed E-state index contributed by atoms with van der Waals surface area (Å²) in [5.41, 5.74) is 1.44. The number of nitro benzene ring substituents is 1. The molecule has 0 unspecified atom stereocenters. The van der Waals surface area contributed by atoms with Crippen LogP contribution in [-0.2, 0) is 0 Å². The van der Waals surface area contributed by atoms with Gasteiger partial charge >= 0.3 is 0 Å². The zero-order chi connectivity index (χ0) is 16.6. The SMILES string of the molecule is N#Cc1c[n+](=O)c2ccc(-c3ccc([N+](=O)[O-])cc3)cc2n1O. The number of non-ortho nitro benzene ring substituents is 1. The van der Waals surface area contributed by atoms with Crippen molar-refractivity contribution in [3.63, 3.8) is 0 Å². The molecule has 0 atom stereocenters. The summed E-state index contributed by atoms with van der Waals surface area (Å²) in [6, 6.07) is 12.3. The summed E-state index contributed by atoms with van der Waals surface area (Å²) in [5, 5.41) is 29.6. The van der Waals surface area contributed by atoms with Gasteiger partial charge in [0.25, 0.3) is 17.4 Å². The quantitative estimate of drug-likeness (QED) is 0.337. The number of aromatic nitrogens is 2. The smallest absolute Gasteiger partial charge is 0.289 e. The highest BCUT2D eigenvalue weighted by Gasteiger charge is 2.16. The molecule has 0 aliphatic carbocycles. The Balaban J connectivity index is 2.20. The van der Waals surface area contributed by atoms with Crippen LogP contribution < -0.4 is 4.43 Å². The number of nitro groups is 1. The van der Waals surface area contributed by atoms with E-state index in [2.05, 4.69) is 0 Å². The number of nitriles is 1. The van der Waals surface area contributed by atoms with Crippen molar-refractivity contribution < 1.29 is 14.6 Å². The van der Waals surface area contributed by atoms with Crippen molar-refractivity contribution in [1.29, 1.82) is 5.26 Å². The molecule has 0 amide bonds. The number of fused-ring (bicyclic) bond motifs is 1. The summed E-state index contributed by atoms with van der Waals surface area (Å²) in [6.07, 6.45) is 0.980. The third-order valence-electron chi connectivity index (χ3n) is 3.43. The average Bonchev–Trinajstić information content (AvgIpc) is 2.57. The second-order valence-electron chi connectivity index (χ2n) is 4.77. The summed E-state index contributed by atoms with van der Waals surface area (Å²) >= 11 is 0. The Kier molecular flexibility index (Phi) is 3.23. The monoisotopic (exact) mass is 309 g/mol. The molecule has 0 saturated carbocycles. The molecule has 3 rings (SSSR count). The molecule has 2 aromatic carbocycles. The Labute approximate surface area is 128 Å². The molecule has 0 fully saturated rings. The maximum Gasteiger partial charge on any atom is 0.289 e. The normalized spacial score (nSPS) is 10.4. The first-order chi connectivity index (χ1) is 11.0. The van der Waals surface area contributed by atoms with E-state index in [1.54, 1.807) is 24.3 Å². The molecule has 0 aliphatic rings.